The lowest BCUT2D eigenvalue weighted by Crippen LogP contribution is -2.38. The number of anilines is 1. The molecular weight excluding hydrogens is 400 g/mol. The van der Waals surface area contributed by atoms with E-state index in [1.165, 1.54) is 4.90 Å². The van der Waals surface area contributed by atoms with Gasteiger partial charge >= 0.3 is 6.09 Å². The summed E-state index contributed by atoms with van der Waals surface area (Å²) < 4.78 is 12.1. The molecule has 1 heterocycles. The summed E-state index contributed by atoms with van der Waals surface area (Å²) in [6.45, 7) is 1.14. The first-order chi connectivity index (χ1) is 12.6. The van der Waals surface area contributed by atoms with Gasteiger partial charge in [-0.1, -0.05) is 15.9 Å². The van der Waals surface area contributed by atoms with Gasteiger partial charge in [0.05, 0.1) is 18.8 Å². The molecule has 26 heavy (non-hydrogen) atoms. The lowest BCUT2D eigenvalue weighted by atomic mass is 10.2. The molecule has 2 aromatic rings. The second-order valence-electron chi connectivity index (χ2n) is 6.07. The third-order valence-corrected chi connectivity index (χ3v) is 4.88. The van der Waals surface area contributed by atoms with Crippen LogP contribution < -0.4 is 14.8 Å². The largest absolute Gasteiger partial charge is 0.497 e. The van der Waals surface area contributed by atoms with Crippen LogP contribution in [0.3, 0.4) is 0 Å². The standard InChI is InChI=1S/C19H21BrN2O4/c1-25-15-5-7-16(8-6-15)26-18-11-13(20)4-9-17(18)21-12-14-3-2-10-22(14)19(23)24/h4-9,11,14,21H,2-3,10,12H2,1H3,(H,23,24)/t14-/m0/s1. The van der Waals surface area contributed by atoms with E-state index in [-0.39, 0.29) is 6.04 Å². The van der Waals surface area contributed by atoms with Crippen molar-refractivity contribution in [2.24, 2.45) is 0 Å². The zero-order valence-corrected chi connectivity index (χ0v) is 16.0. The van der Waals surface area contributed by atoms with Gasteiger partial charge in [-0.25, -0.2) is 4.79 Å². The van der Waals surface area contributed by atoms with E-state index in [9.17, 15) is 9.90 Å². The minimum Gasteiger partial charge on any atom is -0.497 e. The van der Waals surface area contributed by atoms with Crippen LogP contribution in [0.15, 0.2) is 46.9 Å². The number of hydrogen-bond donors (Lipinski definition) is 2. The number of amides is 1. The molecule has 0 aliphatic carbocycles. The Labute approximate surface area is 160 Å². The number of rotatable bonds is 6. The van der Waals surface area contributed by atoms with Gasteiger partial charge in [-0.3, -0.25) is 0 Å². The summed E-state index contributed by atoms with van der Waals surface area (Å²) in [6, 6.07) is 13.1. The van der Waals surface area contributed by atoms with Crippen LogP contribution in [0.4, 0.5) is 10.5 Å². The number of ether oxygens (including phenoxy) is 2. The van der Waals surface area contributed by atoms with Crippen LogP contribution in [0.2, 0.25) is 0 Å². The molecule has 7 heteroatoms. The number of carboxylic acid groups (broad SMARTS) is 1. The maximum Gasteiger partial charge on any atom is 0.407 e. The van der Waals surface area contributed by atoms with E-state index in [1.807, 2.05) is 42.5 Å². The Morgan fingerprint density at radius 2 is 2.00 bits per heavy atom. The predicted octanol–water partition coefficient (Wildman–Crippen LogP) is 4.80. The van der Waals surface area contributed by atoms with E-state index in [2.05, 4.69) is 21.2 Å². The van der Waals surface area contributed by atoms with Crippen molar-refractivity contribution in [1.29, 1.82) is 0 Å². The van der Waals surface area contributed by atoms with Gasteiger partial charge in [-0.05, 0) is 55.3 Å². The molecule has 0 spiro atoms. The summed E-state index contributed by atoms with van der Waals surface area (Å²) in [5.41, 5.74) is 0.821. The molecule has 0 saturated carbocycles. The molecule has 1 aliphatic rings. The van der Waals surface area contributed by atoms with Crippen LogP contribution in [0.25, 0.3) is 0 Å². The Morgan fingerprint density at radius 3 is 2.69 bits per heavy atom. The zero-order valence-electron chi connectivity index (χ0n) is 14.4. The second kappa shape index (κ2) is 8.31. The summed E-state index contributed by atoms with van der Waals surface area (Å²) in [5, 5.41) is 12.6. The van der Waals surface area contributed by atoms with Gasteiger partial charge in [0.1, 0.15) is 11.5 Å². The normalized spacial score (nSPS) is 16.4. The van der Waals surface area contributed by atoms with Crippen molar-refractivity contribution in [1.82, 2.24) is 4.90 Å². The third kappa shape index (κ3) is 4.40. The number of halogens is 1. The van der Waals surface area contributed by atoms with Crippen LogP contribution in [0.1, 0.15) is 12.8 Å². The molecule has 1 atom stereocenters. The Bertz CT molecular complexity index is 767. The summed E-state index contributed by atoms with van der Waals surface area (Å²) in [5.74, 6) is 2.13. The molecule has 3 rings (SSSR count). The highest BCUT2D eigenvalue weighted by molar-refractivity contribution is 9.10. The molecule has 1 fully saturated rings. The maximum absolute atomic E-state index is 11.3. The van der Waals surface area contributed by atoms with Gasteiger partial charge < -0.3 is 24.8 Å². The molecule has 0 unspecified atom stereocenters. The van der Waals surface area contributed by atoms with Crippen LogP contribution in [0.5, 0.6) is 17.2 Å². The van der Waals surface area contributed by atoms with E-state index in [4.69, 9.17) is 9.47 Å². The Kier molecular flexibility index (Phi) is 5.88. The fraction of sp³-hybridized carbons (Fsp3) is 0.316. The van der Waals surface area contributed by atoms with Gasteiger partial charge in [0.2, 0.25) is 0 Å². The fourth-order valence-electron chi connectivity index (χ4n) is 3.02. The minimum atomic E-state index is -0.861. The van der Waals surface area contributed by atoms with Crippen LogP contribution in [-0.4, -0.2) is 42.3 Å². The van der Waals surface area contributed by atoms with Crippen molar-refractivity contribution < 1.29 is 19.4 Å². The lowest BCUT2D eigenvalue weighted by Gasteiger charge is -2.23. The van der Waals surface area contributed by atoms with Crippen LogP contribution >= 0.6 is 15.9 Å². The first-order valence-corrected chi connectivity index (χ1v) is 9.21. The summed E-state index contributed by atoms with van der Waals surface area (Å²) in [6.07, 6.45) is 0.901. The van der Waals surface area contributed by atoms with E-state index in [1.54, 1.807) is 7.11 Å². The average molecular weight is 421 g/mol. The molecule has 0 radical (unpaired) electrons. The predicted molar refractivity (Wildman–Crippen MR) is 103 cm³/mol. The summed E-state index contributed by atoms with van der Waals surface area (Å²) in [4.78, 5) is 12.8. The van der Waals surface area contributed by atoms with Crippen molar-refractivity contribution in [2.45, 2.75) is 18.9 Å². The number of nitrogens with zero attached hydrogens (tertiary/aromatic N) is 1. The summed E-state index contributed by atoms with van der Waals surface area (Å²) in [7, 11) is 1.62. The highest BCUT2D eigenvalue weighted by Gasteiger charge is 2.28. The maximum atomic E-state index is 11.3. The monoisotopic (exact) mass is 420 g/mol. The van der Waals surface area contributed by atoms with Gasteiger partial charge in [0, 0.05) is 17.6 Å². The van der Waals surface area contributed by atoms with Crippen molar-refractivity contribution >= 4 is 27.7 Å². The molecule has 2 aromatic carbocycles. The molecule has 1 amide bonds. The molecule has 2 N–H and O–H groups in total. The first-order valence-electron chi connectivity index (χ1n) is 8.41. The number of nitrogens with one attached hydrogen (secondary N) is 1. The number of methoxy groups -OCH3 is 1. The first kappa shape index (κ1) is 18.4. The van der Waals surface area contributed by atoms with E-state index in [0.29, 0.717) is 24.6 Å². The van der Waals surface area contributed by atoms with Gasteiger partial charge in [-0.2, -0.15) is 0 Å². The van der Waals surface area contributed by atoms with Gasteiger partial charge in [0.25, 0.3) is 0 Å². The Hall–Kier alpha value is -2.41. The van der Waals surface area contributed by atoms with E-state index < -0.39 is 6.09 Å². The second-order valence-corrected chi connectivity index (χ2v) is 6.99. The lowest BCUT2D eigenvalue weighted by molar-refractivity contribution is 0.142. The molecule has 1 saturated heterocycles. The van der Waals surface area contributed by atoms with E-state index in [0.717, 1.165) is 28.8 Å². The third-order valence-electron chi connectivity index (χ3n) is 4.38. The van der Waals surface area contributed by atoms with Gasteiger partial charge in [0.15, 0.2) is 5.75 Å². The Morgan fingerprint density at radius 1 is 1.27 bits per heavy atom. The van der Waals surface area contributed by atoms with Crippen molar-refractivity contribution in [3.05, 3.63) is 46.9 Å². The van der Waals surface area contributed by atoms with Gasteiger partial charge in [-0.15, -0.1) is 0 Å². The highest BCUT2D eigenvalue weighted by Crippen LogP contribution is 2.33. The topological polar surface area (TPSA) is 71.0 Å². The molecule has 1 aliphatic heterocycles. The van der Waals surface area contributed by atoms with Crippen molar-refractivity contribution in [2.75, 3.05) is 25.5 Å². The van der Waals surface area contributed by atoms with Crippen molar-refractivity contribution in [3.63, 3.8) is 0 Å². The fourth-order valence-corrected chi connectivity index (χ4v) is 3.36. The quantitative estimate of drug-likeness (QED) is 0.701. The molecular formula is C19H21BrN2O4. The Balaban J connectivity index is 1.72. The van der Waals surface area contributed by atoms with E-state index >= 15 is 0 Å². The number of hydrogen-bond acceptors (Lipinski definition) is 4. The number of carbonyl (C=O) groups is 1. The molecule has 0 aromatic heterocycles. The van der Waals surface area contributed by atoms with Crippen LogP contribution in [0, 0.1) is 0 Å². The van der Waals surface area contributed by atoms with Crippen molar-refractivity contribution in [3.8, 4) is 17.2 Å². The zero-order chi connectivity index (χ0) is 18.5. The summed E-state index contributed by atoms with van der Waals surface area (Å²) >= 11 is 3.46. The molecule has 0 bridgehead atoms. The molecule has 138 valence electrons. The van der Waals surface area contributed by atoms with Crippen LogP contribution in [-0.2, 0) is 0 Å². The number of benzene rings is 2. The average Bonchev–Trinajstić information content (AvgIpc) is 3.11. The molecule has 6 nitrogen and oxygen atoms in total. The smallest absolute Gasteiger partial charge is 0.407 e. The minimum absolute atomic E-state index is 0.0232. The highest BCUT2D eigenvalue weighted by atomic mass is 79.9. The number of likely N-dealkylation sites (tertiary alicyclic amines) is 1. The SMILES string of the molecule is COc1ccc(Oc2cc(Br)ccc2NC[C@@H]2CCCN2C(=O)O)cc1.